The van der Waals surface area contributed by atoms with E-state index < -0.39 is 45.7 Å². The van der Waals surface area contributed by atoms with Gasteiger partial charge in [0.25, 0.3) is 0 Å². The minimum absolute atomic E-state index is 0.293. The number of hydrogen-bond acceptors (Lipinski definition) is 4. The van der Waals surface area contributed by atoms with Crippen molar-refractivity contribution in [1.29, 1.82) is 0 Å². The normalized spacial score (nSPS) is 11.8. The fourth-order valence-electron chi connectivity index (χ4n) is 1.43. The zero-order chi connectivity index (χ0) is 15.9. The molecule has 0 aliphatic carbocycles. The van der Waals surface area contributed by atoms with E-state index >= 15 is 0 Å². The summed E-state index contributed by atoms with van der Waals surface area (Å²) in [6, 6.07) is 0. The van der Waals surface area contributed by atoms with Crippen LogP contribution in [0.5, 0.6) is 5.75 Å². The molecule has 0 saturated heterocycles. The number of alkyl halides is 3. The maximum absolute atomic E-state index is 13.8. The van der Waals surface area contributed by atoms with Crippen LogP contribution in [0, 0.1) is 17.5 Å². The number of hydrogen-bond donors (Lipinski definition) is 1. The molecule has 1 aromatic carbocycles. The molecule has 1 N–H and O–H groups in total. The molecule has 4 nitrogen and oxygen atoms in total. The van der Waals surface area contributed by atoms with Gasteiger partial charge in [0.05, 0.1) is 4.70 Å². The van der Waals surface area contributed by atoms with E-state index in [1.165, 1.54) is 0 Å². The fraction of sp³-hybridized carbons (Fsp3) is 0.200. The van der Waals surface area contributed by atoms with E-state index in [0.717, 1.165) is 6.92 Å². The van der Waals surface area contributed by atoms with Crippen LogP contribution in [-0.2, 0) is 4.79 Å². The average Bonchev–Trinajstić information content (AvgIpc) is 2.74. The van der Waals surface area contributed by atoms with E-state index in [9.17, 15) is 31.1 Å². The van der Waals surface area contributed by atoms with Crippen molar-refractivity contribution >= 4 is 32.6 Å². The molecule has 0 radical (unpaired) electrons. The summed E-state index contributed by atoms with van der Waals surface area (Å²) in [5.74, 6) is -8.25. The fourth-order valence-corrected chi connectivity index (χ4v) is 2.37. The van der Waals surface area contributed by atoms with Crippen LogP contribution < -0.4 is 10.1 Å². The quantitative estimate of drug-likeness (QED) is 0.676. The molecule has 114 valence electrons. The van der Waals surface area contributed by atoms with E-state index in [2.05, 4.69) is 15.0 Å². The smallest absolute Gasteiger partial charge is 0.399 e. The zero-order valence-electron chi connectivity index (χ0n) is 9.94. The van der Waals surface area contributed by atoms with E-state index in [1.807, 2.05) is 0 Å². The number of amides is 1. The Balaban J connectivity index is 2.65. The number of thiazole rings is 1. The summed E-state index contributed by atoms with van der Waals surface area (Å²) in [6.45, 7) is 1.08. The minimum atomic E-state index is -5.40. The maximum Gasteiger partial charge on any atom is 0.573 e. The first-order chi connectivity index (χ1) is 9.60. The molecule has 1 heterocycles. The van der Waals surface area contributed by atoms with Crippen LogP contribution in [0.25, 0.3) is 10.2 Å². The van der Waals surface area contributed by atoms with Crippen molar-refractivity contribution in [3.8, 4) is 5.75 Å². The molecule has 1 aromatic heterocycles. The third-order valence-corrected chi connectivity index (χ3v) is 3.09. The van der Waals surface area contributed by atoms with Crippen LogP contribution in [0.15, 0.2) is 0 Å². The van der Waals surface area contributed by atoms with Gasteiger partial charge in [-0.05, 0) is 0 Å². The van der Waals surface area contributed by atoms with Crippen molar-refractivity contribution in [2.24, 2.45) is 0 Å². The van der Waals surface area contributed by atoms with Gasteiger partial charge in [0.1, 0.15) is 5.52 Å². The van der Waals surface area contributed by atoms with E-state index in [4.69, 9.17) is 0 Å². The summed E-state index contributed by atoms with van der Waals surface area (Å²) in [7, 11) is 0. The summed E-state index contributed by atoms with van der Waals surface area (Å²) in [4.78, 5) is 14.2. The molecule has 0 unspecified atom stereocenters. The molecular weight excluding hydrogens is 326 g/mol. The van der Waals surface area contributed by atoms with Crippen molar-refractivity contribution in [3.63, 3.8) is 0 Å². The number of fused-ring (bicyclic) bond motifs is 1. The lowest BCUT2D eigenvalue weighted by atomic mass is 10.2. The Morgan fingerprint density at radius 3 is 2.33 bits per heavy atom. The number of benzene rings is 1. The van der Waals surface area contributed by atoms with Gasteiger partial charge in [0.2, 0.25) is 17.5 Å². The van der Waals surface area contributed by atoms with Gasteiger partial charge >= 0.3 is 6.36 Å². The second-order valence-electron chi connectivity index (χ2n) is 3.70. The highest BCUT2D eigenvalue weighted by molar-refractivity contribution is 7.22. The number of carbonyl (C=O) groups excluding carboxylic acids is 1. The third kappa shape index (κ3) is 3.01. The topological polar surface area (TPSA) is 51.2 Å². The van der Waals surface area contributed by atoms with Gasteiger partial charge in [-0.15, -0.1) is 13.2 Å². The second kappa shape index (κ2) is 5.06. The Morgan fingerprint density at radius 2 is 1.81 bits per heavy atom. The highest BCUT2D eigenvalue weighted by atomic mass is 32.1. The molecule has 1 amide bonds. The van der Waals surface area contributed by atoms with Gasteiger partial charge in [-0.2, -0.15) is 4.39 Å². The van der Waals surface area contributed by atoms with E-state index in [0.29, 0.717) is 11.3 Å². The summed E-state index contributed by atoms with van der Waals surface area (Å²) < 4.78 is 79.5. The van der Waals surface area contributed by atoms with Gasteiger partial charge in [-0.3, -0.25) is 4.79 Å². The molecule has 0 fully saturated rings. The second-order valence-corrected chi connectivity index (χ2v) is 4.70. The van der Waals surface area contributed by atoms with Gasteiger partial charge < -0.3 is 10.1 Å². The van der Waals surface area contributed by atoms with Crippen molar-refractivity contribution in [1.82, 2.24) is 4.98 Å². The Bertz CT molecular complexity index is 727. The number of ether oxygens (including phenoxy) is 1. The average molecular weight is 330 g/mol. The third-order valence-electron chi connectivity index (χ3n) is 2.13. The summed E-state index contributed by atoms with van der Waals surface area (Å²) >= 11 is 0.343. The standard InChI is InChI=1S/C10H4F6N2O2S/c1-2(19)17-9-18-6-3(11)4(12)7(20-10(14,15)16)5(13)8(6)21-9/h1H3,(H,17,18,19). The van der Waals surface area contributed by atoms with Crippen LogP contribution in [0.3, 0.4) is 0 Å². The van der Waals surface area contributed by atoms with Crippen LogP contribution in [0.1, 0.15) is 6.92 Å². The number of halogens is 6. The zero-order valence-corrected chi connectivity index (χ0v) is 10.8. The Hall–Kier alpha value is -2.04. The summed E-state index contributed by atoms with van der Waals surface area (Å²) in [5.41, 5.74) is -0.840. The van der Waals surface area contributed by atoms with Crippen molar-refractivity contribution in [2.75, 3.05) is 5.32 Å². The number of nitrogens with one attached hydrogen (secondary N) is 1. The van der Waals surface area contributed by atoms with E-state index in [1.54, 1.807) is 0 Å². The largest absolute Gasteiger partial charge is 0.573 e. The predicted molar refractivity (Wildman–Crippen MR) is 60.5 cm³/mol. The Labute approximate surface area is 116 Å². The molecular formula is C10H4F6N2O2S. The van der Waals surface area contributed by atoms with Gasteiger partial charge in [0.15, 0.2) is 16.8 Å². The van der Waals surface area contributed by atoms with Gasteiger partial charge in [-0.1, -0.05) is 11.3 Å². The first-order valence-electron chi connectivity index (χ1n) is 5.10. The number of rotatable bonds is 2. The SMILES string of the molecule is CC(=O)Nc1nc2c(F)c(F)c(OC(F)(F)F)c(F)c2s1. The molecule has 0 spiro atoms. The monoisotopic (exact) mass is 330 g/mol. The molecule has 11 heteroatoms. The molecule has 0 aliphatic rings. The van der Waals surface area contributed by atoms with Crippen LogP contribution in [-0.4, -0.2) is 17.3 Å². The molecule has 0 saturated carbocycles. The van der Waals surface area contributed by atoms with Crippen LogP contribution in [0.2, 0.25) is 0 Å². The number of nitrogens with zero attached hydrogens (tertiary/aromatic N) is 1. The molecule has 0 aliphatic heterocycles. The van der Waals surface area contributed by atoms with Crippen LogP contribution >= 0.6 is 11.3 Å². The first kappa shape index (κ1) is 15.4. The first-order valence-corrected chi connectivity index (χ1v) is 5.92. The van der Waals surface area contributed by atoms with Crippen molar-refractivity contribution < 1.29 is 35.9 Å². The molecule has 21 heavy (non-hydrogen) atoms. The van der Waals surface area contributed by atoms with Crippen molar-refractivity contribution in [2.45, 2.75) is 13.3 Å². The summed E-state index contributed by atoms with van der Waals surface area (Å²) in [5, 5.41) is 1.79. The van der Waals surface area contributed by atoms with Crippen molar-refractivity contribution in [3.05, 3.63) is 17.5 Å². The highest BCUT2D eigenvalue weighted by Gasteiger charge is 2.36. The highest BCUT2D eigenvalue weighted by Crippen LogP contribution is 2.39. The maximum atomic E-state index is 13.8. The lowest BCUT2D eigenvalue weighted by Gasteiger charge is -2.11. The molecule has 0 atom stereocenters. The molecule has 2 rings (SSSR count). The van der Waals surface area contributed by atoms with E-state index in [-0.39, 0.29) is 5.13 Å². The van der Waals surface area contributed by atoms with Gasteiger partial charge in [-0.25, -0.2) is 13.8 Å². The predicted octanol–water partition coefficient (Wildman–Crippen LogP) is 3.57. The Kier molecular flexibility index (Phi) is 3.70. The minimum Gasteiger partial charge on any atom is -0.399 e. The lowest BCUT2D eigenvalue weighted by Crippen LogP contribution is -2.19. The lowest BCUT2D eigenvalue weighted by molar-refractivity contribution is -0.276. The van der Waals surface area contributed by atoms with Gasteiger partial charge in [0, 0.05) is 6.92 Å². The van der Waals surface area contributed by atoms with Crippen LogP contribution in [0.4, 0.5) is 31.5 Å². The summed E-state index contributed by atoms with van der Waals surface area (Å²) in [6.07, 6.45) is -5.40. The number of aromatic nitrogens is 1. The molecule has 0 bridgehead atoms. The number of carbonyl (C=O) groups is 1. The molecule has 2 aromatic rings. The Morgan fingerprint density at radius 1 is 1.19 bits per heavy atom. The number of anilines is 1.